The summed E-state index contributed by atoms with van der Waals surface area (Å²) in [5, 5.41) is 2.80. The van der Waals surface area contributed by atoms with Crippen LogP contribution in [0, 0.1) is 5.82 Å². The number of hydrogen-bond acceptors (Lipinski definition) is 4. The van der Waals surface area contributed by atoms with Crippen LogP contribution >= 0.6 is 0 Å². The monoisotopic (exact) mass is 364 g/mol. The number of nitrogens with one attached hydrogen (secondary N) is 1. The molecule has 0 aliphatic carbocycles. The van der Waals surface area contributed by atoms with Gasteiger partial charge in [-0.1, -0.05) is 12.1 Å². The molecule has 0 aliphatic heterocycles. The van der Waals surface area contributed by atoms with Crippen molar-refractivity contribution in [2.45, 2.75) is 10.9 Å². The average molecular weight is 364 g/mol. The standard InChI is InChI=1S/C18H21FN2O3S/c1-21(2)17(14-5-4-6-15(19)11-14)12-20-18(22)13-7-9-16(10-8-13)25(3,23)24/h4-11,17H,12H2,1-3H3,(H,20,22)/t17-/m1/s1. The highest BCUT2D eigenvalue weighted by molar-refractivity contribution is 7.90. The van der Waals surface area contributed by atoms with E-state index >= 15 is 0 Å². The minimum atomic E-state index is -3.30. The van der Waals surface area contributed by atoms with Crippen molar-refractivity contribution in [1.82, 2.24) is 10.2 Å². The number of benzene rings is 2. The molecule has 134 valence electrons. The van der Waals surface area contributed by atoms with Gasteiger partial charge in [0.15, 0.2) is 9.84 Å². The van der Waals surface area contributed by atoms with Gasteiger partial charge in [-0.15, -0.1) is 0 Å². The van der Waals surface area contributed by atoms with E-state index in [-0.39, 0.29) is 22.7 Å². The van der Waals surface area contributed by atoms with E-state index in [2.05, 4.69) is 5.32 Å². The third-order valence-corrected chi connectivity index (χ3v) is 4.99. The molecule has 2 aromatic carbocycles. The van der Waals surface area contributed by atoms with Gasteiger partial charge in [0.25, 0.3) is 5.91 Å². The molecule has 0 fully saturated rings. The van der Waals surface area contributed by atoms with E-state index in [1.807, 2.05) is 19.0 Å². The Morgan fingerprint density at radius 2 is 1.80 bits per heavy atom. The average Bonchev–Trinajstić information content (AvgIpc) is 2.54. The lowest BCUT2D eigenvalue weighted by Gasteiger charge is -2.25. The van der Waals surface area contributed by atoms with Crippen molar-refractivity contribution in [2.75, 3.05) is 26.9 Å². The number of carbonyl (C=O) groups is 1. The lowest BCUT2D eigenvalue weighted by atomic mass is 10.1. The number of carbonyl (C=O) groups excluding carboxylic acids is 1. The Hall–Kier alpha value is -2.25. The summed E-state index contributed by atoms with van der Waals surface area (Å²) in [7, 11) is 0.403. The molecule has 2 rings (SSSR count). The van der Waals surface area contributed by atoms with Gasteiger partial charge in [-0.25, -0.2) is 12.8 Å². The first-order valence-corrected chi connectivity index (χ1v) is 9.58. The van der Waals surface area contributed by atoms with Crippen molar-refractivity contribution in [3.63, 3.8) is 0 Å². The highest BCUT2D eigenvalue weighted by Crippen LogP contribution is 2.18. The molecule has 0 saturated heterocycles. The van der Waals surface area contributed by atoms with Crippen LogP contribution in [0.2, 0.25) is 0 Å². The maximum absolute atomic E-state index is 13.4. The number of hydrogen-bond donors (Lipinski definition) is 1. The summed E-state index contributed by atoms with van der Waals surface area (Å²) >= 11 is 0. The zero-order valence-corrected chi connectivity index (χ0v) is 15.2. The number of nitrogens with zero attached hydrogens (tertiary/aromatic N) is 1. The van der Waals surface area contributed by atoms with Crippen molar-refractivity contribution in [1.29, 1.82) is 0 Å². The van der Waals surface area contributed by atoms with Crippen LogP contribution in [0.5, 0.6) is 0 Å². The first kappa shape index (κ1) is 19.1. The molecule has 0 heterocycles. The van der Waals surface area contributed by atoms with Crippen molar-refractivity contribution < 1.29 is 17.6 Å². The van der Waals surface area contributed by atoms with Crippen LogP contribution in [-0.4, -0.2) is 46.1 Å². The fourth-order valence-electron chi connectivity index (χ4n) is 2.46. The third-order valence-electron chi connectivity index (χ3n) is 3.86. The highest BCUT2D eigenvalue weighted by atomic mass is 32.2. The van der Waals surface area contributed by atoms with Gasteiger partial charge in [0.1, 0.15) is 5.82 Å². The second-order valence-corrected chi connectivity index (χ2v) is 8.06. The summed E-state index contributed by atoms with van der Waals surface area (Å²) < 4.78 is 36.3. The van der Waals surface area contributed by atoms with Crippen molar-refractivity contribution in [2.24, 2.45) is 0 Å². The van der Waals surface area contributed by atoms with Gasteiger partial charge in [-0.05, 0) is 56.1 Å². The van der Waals surface area contributed by atoms with E-state index in [0.29, 0.717) is 12.1 Å². The number of rotatable bonds is 6. The summed E-state index contributed by atoms with van der Waals surface area (Å²) in [6, 6.07) is 11.8. The normalized spacial score (nSPS) is 12.8. The molecule has 25 heavy (non-hydrogen) atoms. The van der Waals surface area contributed by atoms with E-state index in [1.54, 1.807) is 12.1 Å². The Kier molecular flexibility index (Phi) is 5.92. The smallest absolute Gasteiger partial charge is 0.251 e. The predicted octanol–water partition coefficient (Wildman–Crippen LogP) is 2.26. The molecule has 0 saturated carbocycles. The number of sulfone groups is 1. The molecule has 1 N–H and O–H groups in total. The minimum absolute atomic E-state index is 0.162. The van der Waals surface area contributed by atoms with Gasteiger partial charge in [0.05, 0.1) is 10.9 Å². The van der Waals surface area contributed by atoms with Gasteiger partial charge in [0.2, 0.25) is 0 Å². The fourth-order valence-corrected chi connectivity index (χ4v) is 3.09. The Bertz CT molecular complexity index is 849. The van der Waals surface area contributed by atoms with Gasteiger partial charge >= 0.3 is 0 Å². The molecule has 1 atom stereocenters. The van der Waals surface area contributed by atoms with E-state index < -0.39 is 9.84 Å². The SMILES string of the molecule is CN(C)[C@H](CNC(=O)c1ccc(S(C)(=O)=O)cc1)c1cccc(F)c1. The predicted molar refractivity (Wildman–Crippen MR) is 94.7 cm³/mol. The number of halogens is 1. The molecular formula is C18H21FN2O3S. The number of likely N-dealkylation sites (N-methyl/N-ethyl adjacent to an activating group) is 1. The lowest BCUT2D eigenvalue weighted by molar-refractivity contribution is 0.0942. The minimum Gasteiger partial charge on any atom is -0.350 e. The van der Waals surface area contributed by atoms with Crippen molar-refractivity contribution in [3.05, 3.63) is 65.5 Å². The molecule has 0 unspecified atom stereocenters. The Balaban J connectivity index is 2.09. The quantitative estimate of drug-likeness (QED) is 0.854. The van der Waals surface area contributed by atoms with Gasteiger partial charge in [-0.2, -0.15) is 0 Å². The first-order valence-electron chi connectivity index (χ1n) is 7.68. The number of amides is 1. The van der Waals surface area contributed by atoms with Crippen LogP contribution in [0.25, 0.3) is 0 Å². The molecule has 0 bridgehead atoms. The lowest BCUT2D eigenvalue weighted by Crippen LogP contribution is -2.34. The Morgan fingerprint density at radius 1 is 1.16 bits per heavy atom. The Morgan fingerprint density at radius 3 is 2.32 bits per heavy atom. The summed E-state index contributed by atoms with van der Waals surface area (Å²) in [6.45, 7) is 0.295. The maximum Gasteiger partial charge on any atom is 0.251 e. The molecule has 7 heteroatoms. The van der Waals surface area contributed by atoms with Crippen molar-refractivity contribution >= 4 is 15.7 Å². The van der Waals surface area contributed by atoms with Crippen LogP contribution in [0.1, 0.15) is 22.0 Å². The van der Waals surface area contributed by atoms with Crippen LogP contribution in [0.3, 0.4) is 0 Å². The van der Waals surface area contributed by atoms with E-state index in [0.717, 1.165) is 11.8 Å². The van der Waals surface area contributed by atoms with Crippen LogP contribution in [-0.2, 0) is 9.84 Å². The largest absolute Gasteiger partial charge is 0.350 e. The Labute approximate surface area is 147 Å². The molecule has 2 aromatic rings. The summed E-state index contributed by atoms with van der Waals surface area (Å²) in [5.41, 5.74) is 1.13. The van der Waals surface area contributed by atoms with E-state index in [1.165, 1.54) is 36.4 Å². The molecule has 0 aliphatic rings. The third kappa shape index (κ3) is 5.11. The summed E-state index contributed by atoms with van der Waals surface area (Å²) in [6.07, 6.45) is 1.11. The zero-order valence-electron chi connectivity index (χ0n) is 14.4. The molecule has 5 nitrogen and oxygen atoms in total. The van der Waals surface area contributed by atoms with Crippen LogP contribution in [0.4, 0.5) is 4.39 Å². The van der Waals surface area contributed by atoms with Gasteiger partial charge in [0, 0.05) is 18.4 Å². The van der Waals surface area contributed by atoms with Crippen LogP contribution in [0.15, 0.2) is 53.4 Å². The summed E-state index contributed by atoms with van der Waals surface area (Å²) in [5.74, 6) is -0.643. The van der Waals surface area contributed by atoms with Gasteiger partial charge in [-0.3, -0.25) is 4.79 Å². The highest BCUT2D eigenvalue weighted by Gasteiger charge is 2.17. The van der Waals surface area contributed by atoms with E-state index in [4.69, 9.17) is 0 Å². The summed E-state index contributed by atoms with van der Waals surface area (Å²) in [4.78, 5) is 14.3. The van der Waals surface area contributed by atoms with E-state index in [9.17, 15) is 17.6 Å². The zero-order chi connectivity index (χ0) is 18.6. The maximum atomic E-state index is 13.4. The molecule has 0 radical (unpaired) electrons. The van der Waals surface area contributed by atoms with Crippen LogP contribution < -0.4 is 5.32 Å². The fraction of sp³-hybridized carbons (Fsp3) is 0.278. The molecular weight excluding hydrogens is 343 g/mol. The topological polar surface area (TPSA) is 66.5 Å². The van der Waals surface area contributed by atoms with Crippen molar-refractivity contribution in [3.8, 4) is 0 Å². The molecule has 0 spiro atoms. The first-order chi connectivity index (χ1) is 11.7. The molecule has 0 aromatic heterocycles. The van der Waals surface area contributed by atoms with Gasteiger partial charge < -0.3 is 10.2 Å². The molecule has 1 amide bonds. The second kappa shape index (κ2) is 7.76. The second-order valence-electron chi connectivity index (χ2n) is 6.04.